The molecule has 3 nitrogen and oxygen atoms in total. The van der Waals surface area contributed by atoms with E-state index in [0.29, 0.717) is 18.0 Å². The van der Waals surface area contributed by atoms with Crippen molar-refractivity contribution in [3.63, 3.8) is 0 Å². The Hall–Kier alpha value is -0.520. The lowest BCUT2D eigenvalue weighted by molar-refractivity contribution is 0.443. The Balaban J connectivity index is 2.26. The number of thioether (sulfide) groups is 1. The van der Waals surface area contributed by atoms with E-state index >= 15 is 0 Å². The summed E-state index contributed by atoms with van der Waals surface area (Å²) in [4.78, 5) is 0.369. The molecule has 0 atom stereocenters. The number of sulfonamides is 1. The molecule has 1 radical (unpaired) electrons. The van der Waals surface area contributed by atoms with Crippen LogP contribution >= 0.6 is 11.8 Å². The molecule has 1 heterocycles. The van der Waals surface area contributed by atoms with Crippen molar-refractivity contribution in [3.05, 3.63) is 30.3 Å². The maximum atomic E-state index is 12.1. The van der Waals surface area contributed by atoms with Crippen molar-refractivity contribution >= 4 is 21.8 Å². The Morgan fingerprint density at radius 1 is 1.20 bits per heavy atom. The predicted molar refractivity (Wildman–Crippen MR) is 61.4 cm³/mol. The van der Waals surface area contributed by atoms with E-state index in [-0.39, 0.29) is 0 Å². The first-order valence-corrected chi connectivity index (χ1v) is 7.35. The lowest BCUT2D eigenvalue weighted by Crippen LogP contribution is -2.37. The second-order valence-electron chi connectivity index (χ2n) is 3.25. The van der Waals surface area contributed by atoms with Crippen molar-refractivity contribution in [2.24, 2.45) is 0 Å². The Morgan fingerprint density at radius 2 is 1.80 bits per heavy atom. The van der Waals surface area contributed by atoms with Crippen molar-refractivity contribution in [3.8, 4) is 0 Å². The topological polar surface area (TPSA) is 37.4 Å². The summed E-state index contributed by atoms with van der Waals surface area (Å²) in [5, 5.41) is 0. The van der Waals surface area contributed by atoms with Crippen molar-refractivity contribution in [2.75, 3.05) is 24.6 Å². The summed E-state index contributed by atoms with van der Waals surface area (Å²) in [5.41, 5.74) is 0. The fraction of sp³-hybridized carbons (Fsp3) is 0.400. The molecule has 0 aliphatic carbocycles. The normalized spacial score (nSPS) is 18.9. The maximum absolute atomic E-state index is 12.1. The molecule has 1 aromatic carbocycles. The van der Waals surface area contributed by atoms with Crippen molar-refractivity contribution < 1.29 is 8.42 Å². The average Bonchev–Trinajstić information content (AvgIpc) is 2.31. The van der Waals surface area contributed by atoms with Crippen LogP contribution in [0.5, 0.6) is 0 Å². The van der Waals surface area contributed by atoms with E-state index in [1.807, 2.05) is 0 Å². The van der Waals surface area contributed by atoms with Crippen LogP contribution in [0.4, 0.5) is 0 Å². The summed E-state index contributed by atoms with van der Waals surface area (Å²) in [6, 6.07) is 9.27. The lowest BCUT2D eigenvalue weighted by Gasteiger charge is -2.25. The first-order valence-electron chi connectivity index (χ1n) is 4.75. The standard InChI is InChI=1S/C10H12NO2S2/c12-15(13,10-4-2-1-3-5-10)11-6-8-14-9-7-11/h2-5H,6-9H2. The third-order valence-corrected chi connectivity index (χ3v) is 5.15. The van der Waals surface area contributed by atoms with Crippen LogP contribution in [0, 0.1) is 6.07 Å². The summed E-state index contributed by atoms with van der Waals surface area (Å²) in [7, 11) is -3.26. The van der Waals surface area contributed by atoms with Crippen LogP contribution in [0.2, 0.25) is 0 Å². The van der Waals surface area contributed by atoms with Gasteiger partial charge in [-0.15, -0.1) is 0 Å². The third-order valence-electron chi connectivity index (χ3n) is 2.30. The van der Waals surface area contributed by atoms with Crippen LogP contribution in [0.25, 0.3) is 0 Å². The van der Waals surface area contributed by atoms with Crippen molar-refractivity contribution in [1.82, 2.24) is 4.31 Å². The summed E-state index contributed by atoms with van der Waals surface area (Å²) < 4.78 is 25.7. The maximum Gasteiger partial charge on any atom is 0.243 e. The molecule has 5 heteroatoms. The molecule has 0 spiro atoms. The number of hydrogen-bond donors (Lipinski definition) is 0. The highest BCUT2D eigenvalue weighted by molar-refractivity contribution is 7.99. The Kier molecular flexibility index (Phi) is 3.33. The van der Waals surface area contributed by atoms with Gasteiger partial charge in [0.15, 0.2) is 0 Å². The molecule has 0 unspecified atom stereocenters. The molecule has 1 aliphatic heterocycles. The van der Waals surface area contributed by atoms with Gasteiger partial charge >= 0.3 is 0 Å². The quantitative estimate of drug-likeness (QED) is 0.782. The summed E-state index contributed by atoms with van der Waals surface area (Å²) in [6.45, 7) is 1.23. The average molecular weight is 242 g/mol. The first-order chi connectivity index (χ1) is 7.21. The Bertz CT molecular complexity index is 410. The zero-order valence-electron chi connectivity index (χ0n) is 8.22. The van der Waals surface area contributed by atoms with E-state index in [2.05, 4.69) is 6.07 Å². The van der Waals surface area contributed by atoms with Crippen LogP contribution in [0.15, 0.2) is 29.2 Å². The second-order valence-corrected chi connectivity index (χ2v) is 6.41. The number of benzene rings is 1. The van der Waals surface area contributed by atoms with Crippen LogP contribution in [-0.2, 0) is 10.0 Å². The first kappa shape index (κ1) is 11.0. The molecule has 1 aliphatic rings. The van der Waals surface area contributed by atoms with E-state index in [1.165, 1.54) is 0 Å². The molecular formula is C10H12NO2S2. The summed E-state index contributed by atoms with van der Waals surface area (Å²) in [5.74, 6) is 1.77. The highest BCUT2D eigenvalue weighted by Gasteiger charge is 2.25. The SMILES string of the molecule is O=S(=O)(c1cc[c]cc1)N1CCSCC1. The second kappa shape index (κ2) is 4.55. The van der Waals surface area contributed by atoms with E-state index in [0.717, 1.165) is 11.5 Å². The van der Waals surface area contributed by atoms with Gasteiger partial charge in [0.25, 0.3) is 0 Å². The van der Waals surface area contributed by atoms with Crippen molar-refractivity contribution in [1.29, 1.82) is 0 Å². The van der Waals surface area contributed by atoms with Crippen LogP contribution in [0.3, 0.4) is 0 Å². The smallest absolute Gasteiger partial charge is 0.207 e. The lowest BCUT2D eigenvalue weighted by atomic mass is 10.4. The molecule has 0 bridgehead atoms. The van der Waals surface area contributed by atoms with Gasteiger partial charge in [-0.2, -0.15) is 16.1 Å². The molecule has 15 heavy (non-hydrogen) atoms. The van der Waals surface area contributed by atoms with Gasteiger partial charge in [0.05, 0.1) is 4.90 Å². The summed E-state index contributed by atoms with van der Waals surface area (Å²) in [6.07, 6.45) is 0. The molecule has 0 aromatic heterocycles. The van der Waals surface area contributed by atoms with Gasteiger partial charge in [0.1, 0.15) is 0 Å². The minimum atomic E-state index is -3.26. The fourth-order valence-corrected chi connectivity index (χ4v) is 4.06. The Labute approximate surface area is 94.5 Å². The highest BCUT2D eigenvalue weighted by atomic mass is 32.2. The fourth-order valence-electron chi connectivity index (χ4n) is 1.48. The molecule has 0 amide bonds. The van der Waals surface area contributed by atoms with Crippen molar-refractivity contribution in [2.45, 2.75) is 4.90 Å². The minimum Gasteiger partial charge on any atom is -0.207 e. The summed E-state index contributed by atoms with van der Waals surface area (Å²) >= 11 is 1.80. The Morgan fingerprint density at radius 3 is 2.40 bits per heavy atom. The van der Waals surface area contributed by atoms with E-state index in [1.54, 1.807) is 40.3 Å². The zero-order chi connectivity index (χ0) is 10.7. The molecule has 81 valence electrons. The molecule has 2 rings (SSSR count). The van der Waals surface area contributed by atoms with Gasteiger partial charge in [-0.1, -0.05) is 12.1 Å². The number of rotatable bonds is 2. The van der Waals surface area contributed by atoms with Gasteiger partial charge in [-0.05, 0) is 18.2 Å². The van der Waals surface area contributed by atoms with Gasteiger partial charge in [0.2, 0.25) is 10.0 Å². The monoisotopic (exact) mass is 242 g/mol. The third kappa shape index (κ3) is 2.35. The predicted octanol–water partition coefficient (Wildman–Crippen LogP) is 1.22. The van der Waals surface area contributed by atoms with Gasteiger partial charge in [0, 0.05) is 24.6 Å². The van der Waals surface area contributed by atoms with Crippen LogP contribution in [0.1, 0.15) is 0 Å². The van der Waals surface area contributed by atoms with Gasteiger partial charge in [-0.25, -0.2) is 8.42 Å². The van der Waals surface area contributed by atoms with Gasteiger partial charge in [-0.3, -0.25) is 0 Å². The largest absolute Gasteiger partial charge is 0.243 e. The zero-order valence-corrected chi connectivity index (χ0v) is 9.85. The molecule has 1 fully saturated rings. The highest BCUT2D eigenvalue weighted by Crippen LogP contribution is 2.19. The van der Waals surface area contributed by atoms with E-state index in [9.17, 15) is 8.42 Å². The van der Waals surface area contributed by atoms with Crippen LogP contribution in [-0.4, -0.2) is 37.3 Å². The van der Waals surface area contributed by atoms with E-state index < -0.39 is 10.0 Å². The molecule has 0 saturated carbocycles. The number of nitrogens with zero attached hydrogens (tertiary/aromatic N) is 1. The van der Waals surface area contributed by atoms with E-state index in [4.69, 9.17) is 0 Å². The molecule has 0 N–H and O–H groups in total. The molecular weight excluding hydrogens is 230 g/mol. The molecule has 1 saturated heterocycles. The number of hydrogen-bond acceptors (Lipinski definition) is 3. The molecule has 1 aromatic rings. The van der Waals surface area contributed by atoms with Crippen LogP contribution < -0.4 is 0 Å². The van der Waals surface area contributed by atoms with Gasteiger partial charge < -0.3 is 0 Å². The minimum absolute atomic E-state index is 0.369.